The van der Waals surface area contributed by atoms with Crippen LogP contribution in [0.15, 0.2) is 136 Å². The molecule has 0 aliphatic carbocycles. The number of carbonyl (C=O) groups is 3. The van der Waals surface area contributed by atoms with Gasteiger partial charge in [-0.05, 0) is 84.4 Å². The first-order valence-corrected chi connectivity index (χ1v) is 16.6. The van der Waals surface area contributed by atoms with Crippen LogP contribution in [0.5, 0.6) is 11.5 Å². The summed E-state index contributed by atoms with van der Waals surface area (Å²) in [6, 6.07) is 34.2. The molecule has 1 unspecified atom stereocenters. The number of ether oxygens (including phenoxy) is 2. The Morgan fingerprint density at radius 3 is 2.14 bits per heavy atom. The lowest BCUT2D eigenvalue weighted by molar-refractivity contribution is -0.116. The summed E-state index contributed by atoms with van der Waals surface area (Å²) in [6.07, 6.45) is 1.51. The topological polar surface area (TPSA) is 106 Å². The molecule has 248 valence electrons. The highest BCUT2D eigenvalue weighted by Crippen LogP contribution is 2.37. The first-order chi connectivity index (χ1) is 23.7. The lowest BCUT2D eigenvalue weighted by atomic mass is 10.1. The van der Waals surface area contributed by atoms with Crippen LogP contribution in [0, 0.1) is 5.82 Å². The third-order valence-electron chi connectivity index (χ3n) is 7.16. The van der Waals surface area contributed by atoms with Crippen molar-refractivity contribution in [3.8, 4) is 11.5 Å². The summed E-state index contributed by atoms with van der Waals surface area (Å²) in [7, 11) is 3.03. The lowest BCUT2D eigenvalue weighted by Gasteiger charge is -2.18. The van der Waals surface area contributed by atoms with Gasteiger partial charge in [0.05, 0.1) is 19.9 Å². The molecule has 0 radical (unpaired) electrons. The summed E-state index contributed by atoms with van der Waals surface area (Å²) >= 11 is 4.51. The molecule has 5 rings (SSSR count). The molecule has 0 fully saturated rings. The number of anilines is 2. The first-order valence-electron chi connectivity index (χ1n) is 14.9. The van der Waals surface area contributed by atoms with Crippen LogP contribution in [0.2, 0.25) is 0 Å². The van der Waals surface area contributed by atoms with E-state index in [0.29, 0.717) is 32.8 Å². The second-order valence-corrected chi connectivity index (χ2v) is 12.6. The largest absolute Gasteiger partial charge is 0.497 e. The van der Waals surface area contributed by atoms with Gasteiger partial charge in [-0.3, -0.25) is 14.4 Å². The van der Waals surface area contributed by atoms with Crippen LogP contribution in [-0.2, 0) is 9.59 Å². The molecular formula is C38H31BrFN3O5S. The number of amides is 3. The molecule has 49 heavy (non-hydrogen) atoms. The van der Waals surface area contributed by atoms with Gasteiger partial charge in [-0.25, -0.2) is 4.39 Å². The van der Waals surface area contributed by atoms with Crippen LogP contribution in [0.4, 0.5) is 15.8 Å². The summed E-state index contributed by atoms with van der Waals surface area (Å²) in [5.74, 6) is -0.985. The van der Waals surface area contributed by atoms with Gasteiger partial charge in [-0.2, -0.15) is 0 Å². The fourth-order valence-corrected chi connectivity index (χ4v) is 6.05. The van der Waals surface area contributed by atoms with Crippen LogP contribution < -0.4 is 25.4 Å². The van der Waals surface area contributed by atoms with E-state index in [2.05, 4.69) is 31.9 Å². The second kappa shape index (κ2) is 16.6. The Morgan fingerprint density at radius 2 is 1.49 bits per heavy atom. The minimum Gasteiger partial charge on any atom is -0.497 e. The van der Waals surface area contributed by atoms with E-state index >= 15 is 0 Å². The van der Waals surface area contributed by atoms with Gasteiger partial charge >= 0.3 is 0 Å². The molecular weight excluding hydrogens is 709 g/mol. The average molecular weight is 741 g/mol. The molecule has 1 atom stereocenters. The molecule has 5 aromatic carbocycles. The number of benzene rings is 5. The molecule has 8 nitrogen and oxygen atoms in total. The van der Waals surface area contributed by atoms with Crippen LogP contribution in [0.3, 0.4) is 0 Å². The highest BCUT2D eigenvalue weighted by molar-refractivity contribution is 9.10. The maximum atomic E-state index is 14.5. The predicted octanol–water partition coefficient (Wildman–Crippen LogP) is 8.49. The second-order valence-electron chi connectivity index (χ2n) is 10.5. The van der Waals surface area contributed by atoms with E-state index < -0.39 is 28.8 Å². The van der Waals surface area contributed by atoms with Gasteiger partial charge in [-0.15, -0.1) is 11.8 Å². The highest BCUT2D eigenvalue weighted by Gasteiger charge is 2.23. The maximum absolute atomic E-state index is 14.5. The van der Waals surface area contributed by atoms with E-state index in [1.54, 1.807) is 78.9 Å². The summed E-state index contributed by atoms with van der Waals surface area (Å²) in [6.45, 7) is 0. The number of halogens is 2. The van der Waals surface area contributed by atoms with Crippen LogP contribution in [0.25, 0.3) is 6.08 Å². The van der Waals surface area contributed by atoms with E-state index in [0.717, 1.165) is 10.5 Å². The van der Waals surface area contributed by atoms with Crippen molar-refractivity contribution in [2.24, 2.45) is 0 Å². The van der Waals surface area contributed by atoms with Crippen molar-refractivity contribution < 1.29 is 28.2 Å². The quantitative estimate of drug-likeness (QED) is 0.0876. The Bertz CT molecular complexity index is 1980. The SMILES string of the molecule is COc1ccc(OC)c(/C=C(\NC(=O)c2ccccc2)C(=O)Nc2ccc(SC(C(=O)Nc3ccc(Br)cc3F)c3ccccc3)cc2)c1. The zero-order chi connectivity index (χ0) is 34.8. The van der Waals surface area contributed by atoms with E-state index in [9.17, 15) is 18.8 Å². The normalized spacial score (nSPS) is 11.6. The smallest absolute Gasteiger partial charge is 0.272 e. The highest BCUT2D eigenvalue weighted by atomic mass is 79.9. The Kier molecular flexibility index (Phi) is 11.9. The van der Waals surface area contributed by atoms with E-state index in [-0.39, 0.29) is 11.4 Å². The van der Waals surface area contributed by atoms with Crippen LogP contribution in [0.1, 0.15) is 26.7 Å². The van der Waals surface area contributed by atoms with E-state index in [1.807, 2.05) is 30.3 Å². The average Bonchev–Trinajstić information content (AvgIpc) is 3.12. The van der Waals surface area contributed by atoms with Gasteiger partial charge < -0.3 is 25.4 Å². The fraction of sp³-hybridized carbons (Fsp3) is 0.0789. The van der Waals surface area contributed by atoms with Crippen molar-refractivity contribution in [1.82, 2.24) is 5.32 Å². The zero-order valence-electron chi connectivity index (χ0n) is 26.4. The zero-order valence-corrected chi connectivity index (χ0v) is 28.8. The molecule has 0 bridgehead atoms. The van der Waals surface area contributed by atoms with Crippen molar-refractivity contribution in [2.75, 3.05) is 24.9 Å². The van der Waals surface area contributed by atoms with Gasteiger partial charge in [-0.1, -0.05) is 64.5 Å². The van der Waals surface area contributed by atoms with E-state index in [1.165, 1.54) is 44.2 Å². The number of rotatable bonds is 12. The molecule has 0 saturated heterocycles. The van der Waals surface area contributed by atoms with Gasteiger partial charge in [0.1, 0.15) is 28.3 Å². The minimum atomic E-state index is -0.703. The molecule has 0 saturated carbocycles. The third kappa shape index (κ3) is 9.37. The number of nitrogens with one attached hydrogen (secondary N) is 3. The molecule has 0 aliphatic heterocycles. The molecule has 11 heteroatoms. The Balaban J connectivity index is 1.37. The standard InChI is InChI=1S/C38H31BrFN3O5S/c1-47-29-16-20-34(48-2)26(21-29)22-33(43-36(44)25-11-7-4-8-12-25)37(45)41-28-14-17-30(18-15-28)49-35(24-9-5-3-6-10-24)38(46)42-32-19-13-27(39)23-31(32)40/h3-23,35H,1-2H3,(H,41,45)(H,42,46)(H,43,44)/b33-22-. The number of hydrogen-bond acceptors (Lipinski definition) is 6. The molecule has 0 spiro atoms. The molecule has 0 heterocycles. The summed E-state index contributed by atoms with van der Waals surface area (Å²) in [5, 5.41) is 7.55. The van der Waals surface area contributed by atoms with Crippen molar-refractivity contribution in [2.45, 2.75) is 10.1 Å². The number of hydrogen-bond donors (Lipinski definition) is 3. The van der Waals surface area contributed by atoms with Crippen LogP contribution in [-0.4, -0.2) is 31.9 Å². The van der Waals surface area contributed by atoms with Crippen molar-refractivity contribution in [1.29, 1.82) is 0 Å². The molecule has 0 aromatic heterocycles. The Hall–Kier alpha value is -5.39. The van der Waals surface area contributed by atoms with Gasteiger partial charge in [0.15, 0.2) is 0 Å². The molecule has 3 amide bonds. The van der Waals surface area contributed by atoms with Gasteiger partial charge in [0.2, 0.25) is 5.91 Å². The molecule has 0 aliphatic rings. The van der Waals surface area contributed by atoms with Crippen molar-refractivity contribution >= 4 is 62.9 Å². The Morgan fingerprint density at radius 1 is 0.796 bits per heavy atom. The fourth-order valence-electron chi connectivity index (χ4n) is 4.69. The summed E-state index contributed by atoms with van der Waals surface area (Å²) < 4.78 is 25.9. The Labute approximate surface area is 295 Å². The van der Waals surface area contributed by atoms with Crippen molar-refractivity contribution in [3.05, 3.63) is 154 Å². The maximum Gasteiger partial charge on any atom is 0.272 e. The minimum absolute atomic E-state index is 0.0279. The third-order valence-corrected chi connectivity index (χ3v) is 8.92. The van der Waals surface area contributed by atoms with E-state index in [4.69, 9.17) is 9.47 Å². The number of thioether (sulfide) groups is 1. The summed E-state index contributed by atoms with van der Waals surface area (Å²) in [5.41, 5.74) is 2.11. The molecule has 3 N–H and O–H groups in total. The lowest BCUT2D eigenvalue weighted by Crippen LogP contribution is -2.30. The monoisotopic (exact) mass is 739 g/mol. The predicted molar refractivity (Wildman–Crippen MR) is 194 cm³/mol. The van der Waals surface area contributed by atoms with Gasteiger partial charge in [0, 0.05) is 26.2 Å². The first kappa shape index (κ1) is 34.9. The van der Waals surface area contributed by atoms with Gasteiger partial charge in [0.25, 0.3) is 11.8 Å². The summed E-state index contributed by atoms with van der Waals surface area (Å²) in [4.78, 5) is 40.9. The number of methoxy groups -OCH3 is 2. The molecule has 5 aromatic rings. The number of carbonyl (C=O) groups excluding carboxylic acids is 3. The van der Waals surface area contributed by atoms with Crippen LogP contribution >= 0.6 is 27.7 Å². The van der Waals surface area contributed by atoms with Crippen molar-refractivity contribution in [3.63, 3.8) is 0 Å².